The SMILES string of the molecule is C=C(C)/C=C/c1cnc2c(c1)NC(C)(C)C(=O)N2. The average molecular weight is 243 g/mol. The van der Waals surface area contributed by atoms with Gasteiger partial charge in [-0.1, -0.05) is 24.3 Å². The van der Waals surface area contributed by atoms with E-state index in [0.717, 1.165) is 16.8 Å². The number of aromatic nitrogens is 1. The maximum atomic E-state index is 11.7. The first-order valence-electron chi connectivity index (χ1n) is 5.82. The van der Waals surface area contributed by atoms with E-state index in [2.05, 4.69) is 22.2 Å². The summed E-state index contributed by atoms with van der Waals surface area (Å²) < 4.78 is 0. The molecule has 4 nitrogen and oxygen atoms in total. The lowest BCUT2D eigenvalue weighted by Crippen LogP contribution is -2.47. The third-order valence-corrected chi connectivity index (χ3v) is 2.72. The van der Waals surface area contributed by atoms with Crippen LogP contribution in [0.4, 0.5) is 11.5 Å². The Bertz CT molecular complexity index is 544. The van der Waals surface area contributed by atoms with E-state index in [0.29, 0.717) is 5.82 Å². The molecule has 1 aromatic rings. The van der Waals surface area contributed by atoms with Gasteiger partial charge < -0.3 is 10.6 Å². The number of anilines is 2. The van der Waals surface area contributed by atoms with Gasteiger partial charge in [0.05, 0.1) is 5.69 Å². The molecule has 0 saturated heterocycles. The standard InChI is InChI=1S/C14H17N3O/c1-9(2)5-6-10-7-11-12(15-8-10)16-13(18)14(3,4)17-11/h5-8,17H,1H2,2-4H3,(H,15,16,18)/b6-5+. The van der Waals surface area contributed by atoms with Gasteiger partial charge in [-0.2, -0.15) is 0 Å². The van der Waals surface area contributed by atoms with Crippen molar-refractivity contribution in [2.45, 2.75) is 26.3 Å². The Morgan fingerprint density at radius 3 is 2.89 bits per heavy atom. The summed E-state index contributed by atoms with van der Waals surface area (Å²) in [6, 6.07) is 1.96. The molecule has 4 heteroatoms. The summed E-state index contributed by atoms with van der Waals surface area (Å²) in [7, 11) is 0. The fourth-order valence-corrected chi connectivity index (χ4v) is 1.66. The average Bonchev–Trinajstić information content (AvgIpc) is 2.27. The fraction of sp³-hybridized carbons (Fsp3) is 0.286. The number of fused-ring (bicyclic) bond motifs is 1. The molecule has 2 N–H and O–H groups in total. The highest BCUT2D eigenvalue weighted by Crippen LogP contribution is 2.29. The maximum Gasteiger partial charge on any atom is 0.250 e. The van der Waals surface area contributed by atoms with E-state index in [-0.39, 0.29) is 5.91 Å². The van der Waals surface area contributed by atoms with Gasteiger partial charge in [0.15, 0.2) is 5.82 Å². The van der Waals surface area contributed by atoms with Crippen LogP contribution in [0.5, 0.6) is 0 Å². The molecule has 2 heterocycles. The van der Waals surface area contributed by atoms with Crippen LogP contribution in [0.2, 0.25) is 0 Å². The Labute approximate surface area is 107 Å². The molecule has 1 aliphatic rings. The van der Waals surface area contributed by atoms with Crippen LogP contribution < -0.4 is 10.6 Å². The van der Waals surface area contributed by atoms with Gasteiger partial charge in [-0.3, -0.25) is 4.79 Å². The first kappa shape index (κ1) is 12.4. The number of nitrogens with zero attached hydrogens (tertiary/aromatic N) is 1. The predicted octanol–water partition coefficient (Wildman–Crippen LogP) is 2.81. The summed E-state index contributed by atoms with van der Waals surface area (Å²) in [5, 5.41) is 5.97. The molecule has 0 atom stereocenters. The van der Waals surface area contributed by atoms with Crippen molar-refractivity contribution in [3.05, 3.63) is 36.1 Å². The molecule has 0 unspecified atom stereocenters. The number of hydrogen-bond acceptors (Lipinski definition) is 3. The van der Waals surface area contributed by atoms with E-state index >= 15 is 0 Å². The first-order valence-corrected chi connectivity index (χ1v) is 5.82. The van der Waals surface area contributed by atoms with Crippen molar-refractivity contribution in [3.63, 3.8) is 0 Å². The van der Waals surface area contributed by atoms with E-state index in [1.165, 1.54) is 0 Å². The second-order valence-corrected chi connectivity index (χ2v) is 5.05. The van der Waals surface area contributed by atoms with Crippen molar-refractivity contribution in [2.24, 2.45) is 0 Å². The molecule has 0 radical (unpaired) electrons. The number of nitrogens with one attached hydrogen (secondary N) is 2. The van der Waals surface area contributed by atoms with Crippen molar-refractivity contribution < 1.29 is 4.79 Å². The number of hydrogen-bond donors (Lipinski definition) is 2. The second kappa shape index (κ2) is 4.29. The zero-order valence-corrected chi connectivity index (χ0v) is 10.9. The van der Waals surface area contributed by atoms with Gasteiger partial charge in [0.2, 0.25) is 0 Å². The minimum Gasteiger partial charge on any atom is -0.369 e. The van der Waals surface area contributed by atoms with Crippen LogP contribution in [-0.4, -0.2) is 16.4 Å². The van der Waals surface area contributed by atoms with Gasteiger partial charge in [-0.05, 0) is 32.4 Å². The summed E-state index contributed by atoms with van der Waals surface area (Å²) in [6.45, 7) is 9.42. The van der Waals surface area contributed by atoms with E-state index in [1.807, 2.05) is 39.0 Å². The summed E-state index contributed by atoms with van der Waals surface area (Å²) in [6.07, 6.45) is 5.59. The molecule has 2 rings (SSSR count). The van der Waals surface area contributed by atoms with Crippen LogP contribution in [0.3, 0.4) is 0 Å². The van der Waals surface area contributed by atoms with Crippen LogP contribution in [0.15, 0.2) is 30.5 Å². The zero-order chi connectivity index (χ0) is 13.3. The Morgan fingerprint density at radius 1 is 1.50 bits per heavy atom. The highest BCUT2D eigenvalue weighted by molar-refractivity contribution is 6.04. The van der Waals surface area contributed by atoms with Gasteiger partial charge in [-0.25, -0.2) is 4.98 Å². The monoisotopic (exact) mass is 243 g/mol. The number of allylic oxidation sites excluding steroid dienone is 2. The molecule has 1 aliphatic heterocycles. The van der Waals surface area contributed by atoms with Gasteiger partial charge in [0, 0.05) is 6.20 Å². The van der Waals surface area contributed by atoms with Crippen LogP contribution in [0.1, 0.15) is 26.3 Å². The van der Waals surface area contributed by atoms with Crippen molar-refractivity contribution in [1.29, 1.82) is 0 Å². The fourth-order valence-electron chi connectivity index (χ4n) is 1.66. The third-order valence-electron chi connectivity index (χ3n) is 2.72. The van der Waals surface area contributed by atoms with Crippen LogP contribution >= 0.6 is 0 Å². The lowest BCUT2D eigenvalue weighted by molar-refractivity contribution is -0.119. The Kier molecular flexibility index (Phi) is 2.95. The molecule has 0 aromatic carbocycles. The molecule has 1 amide bonds. The van der Waals surface area contributed by atoms with Crippen LogP contribution in [0, 0.1) is 0 Å². The Balaban J connectivity index is 2.33. The number of carbonyl (C=O) groups is 1. The Hall–Kier alpha value is -2.10. The quantitative estimate of drug-likeness (QED) is 0.785. The van der Waals surface area contributed by atoms with Crippen molar-refractivity contribution in [1.82, 2.24) is 4.98 Å². The van der Waals surface area contributed by atoms with E-state index in [9.17, 15) is 4.79 Å². The molecule has 0 spiro atoms. The Morgan fingerprint density at radius 2 is 2.22 bits per heavy atom. The van der Waals surface area contributed by atoms with E-state index < -0.39 is 5.54 Å². The summed E-state index contributed by atoms with van der Waals surface area (Å²) in [4.78, 5) is 16.0. The smallest absolute Gasteiger partial charge is 0.250 e. The largest absolute Gasteiger partial charge is 0.369 e. The molecule has 0 aliphatic carbocycles. The molecule has 18 heavy (non-hydrogen) atoms. The number of amides is 1. The highest BCUT2D eigenvalue weighted by Gasteiger charge is 2.33. The van der Waals surface area contributed by atoms with Crippen LogP contribution in [-0.2, 0) is 4.79 Å². The lowest BCUT2D eigenvalue weighted by Gasteiger charge is -2.32. The van der Waals surface area contributed by atoms with Gasteiger partial charge in [-0.15, -0.1) is 0 Å². The number of pyridine rings is 1. The van der Waals surface area contributed by atoms with E-state index in [4.69, 9.17) is 0 Å². The second-order valence-electron chi connectivity index (χ2n) is 5.05. The lowest BCUT2D eigenvalue weighted by atomic mass is 10.0. The van der Waals surface area contributed by atoms with E-state index in [1.54, 1.807) is 6.20 Å². The normalized spacial score (nSPS) is 16.9. The summed E-state index contributed by atoms with van der Waals surface area (Å²) in [5.74, 6) is 0.500. The van der Waals surface area contributed by atoms with Crippen molar-refractivity contribution >= 4 is 23.5 Å². The predicted molar refractivity (Wildman–Crippen MR) is 74.4 cm³/mol. The van der Waals surface area contributed by atoms with Gasteiger partial charge >= 0.3 is 0 Å². The van der Waals surface area contributed by atoms with Crippen molar-refractivity contribution in [3.8, 4) is 0 Å². The highest BCUT2D eigenvalue weighted by atomic mass is 16.2. The van der Waals surface area contributed by atoms with Gasteiger partial charge in [0.25, 0.3) is 5.91 Å². The molecule has 0 bridgehead atoms. The minimum atomic E-state index is -0.620. The molecular formula is C14H17N3O. The molecule has 0 saturated carbocycles. The van der Waals surface area contributed by atoms with Crippen LogP contribution in [0.25, 0.3) is 6.08 Å². The molecular weight excluding hydrogens is 226 g/mol. The number of carbonyl (C=O) groups excluding carboxylic acids is 1. The molecule has 94 valence electrons. The maximum absolute atomic E-state index is 11.7. The topological polar surface area (TPSA) is 54.0 Å². The third kappa shape index (κ3) is 2.42. The van der Waals surface area contributed by atoms with Crippen molar-refractivity contribution in [2.75, 3.05) is 10.6 Å². The minimum absolute atomic E-state index is 0.0762. The molecule has 1 aromatic heterocycles. The number of rotatable bonds is 2. The molecule has 0 fully saturated rings. The van der Waals surface area contributed by atoms with Gasteiger partial charge in [0.1, 0.15) is 5.54 Å². The first-order chi connectivity index (χ1) is 8.38. The summed E-state index contributed by atoms with van der Waals surface area (Å²) in [5.41, 5.74) is 2.17. The summed E-state index contributed by atoms with van der Waals surface area (Å²) >= 11 is 0. The zero-order valence-electron chi connectivity index (χ0n) is 10.9.